The highest BCUT2D eigenvalue weighted by Crippen LogP contribution is 2.48. The van der Waals surface area contributed by atoms with Gasteiger partial charge in [-0.2, -0.15) is 13.2 Å². The lowest BCUT2D eigenvalue weighted by Crippen LogP contribution is -2.46. The van der Waals surface area contributed by atoms with Crippen LogP contribution in [0.25, 0.3) is 0 Å². The van der Waals surface area contributed by atoms with Crippen molar-refractivity contribution >= 4 is 32.2 Å². The van der Waals surface area contributed by atoms with E-state index in [9.17, 15) is 30.0 Å². The second-order valence-electron chi connectivity index (χ2n) is 9.79. The van der Waals surface area contributed by atoms with Gasteiger partial charge in [-0.15, -0.1) is 0 Å². The third-order valence-corrected chi connectivity index (χ3v) is 10.6. The zero-order valence-electron chi connectivity index (χ0n) is 21.5. The molecule has 6 nitrogen and oxygen atoms in total. The molecule has 1 atom stereocenters. The SMILES string of the molecule is CS(=O)(=O)CS(=O)(=O)C(F)(F)F.Cc1ccccc1B1OC(c2ccccc2)(c2ccccc2)[C@@H]2CCCN12. The van der Waals surface area contributed by atoms with Crippen molar-refractivity contribution in [2.75, 3.05) is 17.9 Å². The van der Waals surface area contributed by atoms with Gasteiger partial charge >= 0.3 is 12.6 Å². The molecule has 3 aromatic rings. The van der Waals surface area contributed by atoms with Gasteiger partial charge in [0, 0.05) is 12.3 Å². The minimum Gasteiger partial charge on any atom is -0.402 e. The van der Waals surface area contributed by atoms with Crippen molar-refractivity contribution in [3.05, 3.63) is 102 Å². The second kappa shape index (κ2) is 11.1. The maximum atomic E-state index is 11.5. The van der Waals surface area contributed by atoms with Crippen molar-refractivity contribution in [3.8, 4) is 0 Å². The van der Waals surface area contributed by atoms with Gasteiger partial charge in [-0.1, -0.05) is 90.5 Å². The van der Waals surface area contributed by atoms with Gasteiger partial charge in [0.1, 0.15) is 5.60 Å². The molecule has 2 fully saturated rings. The number of hydrogen-bond acceptors (Lipinski definition) is 6. The Morgan fingerprint density at radius 3 is 1.87 bits per heavy atom. The fourth-order valence-electron chi connectivity index (χ4n) is 5.34. The summed E-state index contributed by atoms with van der Waals surface area (Å²) in [6.07, 6.45) is 2.79. The monoisotopic (exact) mass is 579 g/mol. The van der Waals surface area contributed by atoms with Gasteiger partial charge in [0.25, 0.3) is 9.84 Å². The zero-order valence-corrected chi connectivity index (χ0v) is 23.1. The molecule has 2 heterocycles. The number of aryl methyl sites for hydroxylation is 1. The van der Waals surface area contributed by atoms with Crippen molar-refractivity contribution < 1.29 is 34.7 Å². The van der Waals surface area contributed by atoms with E-state index in [4.69, 9.17) is 4.65 Å². The van der Waals surface area contributed by atoms with E-state index in [1.807, 2.05) is 0 Å². The predicted octanol–water partition coefficient (Wildman–Crippen LogP) is 4.05. The predicted molar refractivity (Wildman–Crippen MR) is 146 cm³/mol. The third-order valence-electron chi connectivity index (χ3n) is 6.94. The first kappa shape index (κ1) is 29.3. The van der Waals surface area contributed by atoms with Gasteiger partial charge < -0.3 is 9.47 Å². The summed E-state index contributed by atoms with van der Waals surface area (Å²) >= 11 is 0. The Morgan fingerprint density at radius 2 is 1.41 bits per heavy atom. The minimum absolute atomic E-state index is 0.000822. The summed E-state index contributed by atoms with van der Waals surface area (Å²) in [6.45, 7) is 3.28. The van der Waals surface area contributed by atoms with Gasteiger partial charge in [0.05, 0.1) is 0 Å². The van der Waals surface area contributed by atoms with Crippen LogP contribution < -0.4 is 5.46 Å². The van der Waals surface area contributed by atoms with Gasteiger partial charge in [-0.25, -0.2) is 16.8 Å². The molecule has 0 aromatic heterocycles. The van der Waals surface area contributed by atoms with Crippen molar-refractivity contribution in [1.29, 1.82) is 0 Å². The van der Waals surface area contributed by atoms with Crippen LogP contribution in [0.1, 0.15) is 29.5 Å². The van der Waals surface area contributed by atoms with Crippen LogP contribution in [0.2, 0.25) is 0 Å². The molecule has 208 valence electrons. The summed E-state index contributed by atoms with van der Waals surface area (Å²) in [4.78, 5) is 2.59. The average molecular weight is 579 g/mol. The molecule has 2 aliphatic heterocycles. The first-order valence-corrected chi connectivity index (χ1v) is 16.0. The molecule has 2 saturated heterocycles. The van der Waals surface area contributed by atoms with Crippen LogP contribution in [0.5, 0.6) is 0 Å². The Labute approximate surface area is 227 Å². The number of rotatable bonds is 5. The lowest BCUT2D eigenvalue weighted by molar-refractivity contribution is -0.0431. The molecule has 0 amide bonds. The number of fused-ring (bicyclic) bond motifs is 1. The summed E-state index contributed by atoms with van der Waals surface area (Å²) in [7, 11) is -9.72. The maximum Gasteiger partial charge on any atom is 0.498 e. The van der Waals surface area contributed by atoms with Crippen LogP contribution in [0.3, 0.4) is 0 Å². The molecule has 0 N–H and O–H groups in total. The van der Waals surface area contributed by atoms with Gasteiger partial charge in [-0.3, -0.25) is 0 Å². The summed E-state index contributed by atoms with van der Waals surface area (Å²) in [5.41, 5.74) is -0.834. The van der Waals surface area contributed by atoms with E-state index in [1.54, 1.807) is 0 Å². The topological polar surface area (TPSA) is 80.8 Å². The first-order chi connectivity index (χ1) is 18.3. The maximum absolute atomic E-state index is 11.5. The lowest BCUT2D eigenvalue weighted by Gasteiger charge is -2.36. The number of sulfone groups is 2. The molecule has 0 radical (unpaired) electrons. The van der Waals surface area contributed by atoms with E-state index in [1.165, 1.54) is 28.6 Å². The van der Waals surface area contributed by atoms with Crippen LogP contribution in [0.4, 0.5) is 13.2 Å². The summed E-state index contributed by atoms with van der Waals surface area (Å²) in [5, 5.41) is -1.90. The average Bonchev–Trinajstić information content (AvgIpc) is 3.46. The smallest absolute Gasteiger partial charge is 0.402 e. The largest absolute Gasteiger partial charge is 0.498 e. The minimum atomic E-state index is -5.54. The van der Waals surface area contributed by atoms with Crippen LogP contribution in [-0.4, -0.2) is 58.1 Å². The number of halogens is 3. The number of alkyl halides is 3. The molecular weight excluding hydrogens is 550 g/mol. The third kappa shape index (κ3) is 6.08. The van der Waals surface area contributed by atoms with E-state index in [-0.39, 0.29) is 7.05 Å². The standard InChI is InChI=1S/C24H24BNO.C3H5F3O4S2/c1-19-11-8-9-16-22(19)25-26-18-10-17-23(26)24(27-25,20-12-4-2-5-13-20)21-14-6-3-7-15-21;1-11(7,8)2-12(9,10)3(4,5)6/h2-9,11-16,23H,10,17-18H2,1H3;2H2,1H3/t23-;/m0./s1. The van der Waals surface area contributed by atoms with E-state index in [2.05, 4.69) is 96.7 Å². The van der Waals surface area contributed by atoms with E-state index < -0.39 is 35.9 Å². The highest BCUT2D eigenvalue weighted by Gasteiger charge is 2.59. The van der Waals surface area contributed by atoms with Crippen LogP contribution >= 0.6 is 0 Å². The normalized spacial score (nSPS) is 19.3. The lowest BCUT2D eigenvalue weighted by atomic mass is 9.70. The van der Waals surface area contributed by atoms with E-state index >= 15 is 0 Å². The van der Waals surface area contributed by atoms with Crippen molar-refractivity contribution in [2.45, 2.75) is 36.9 Å². The van der Waals surface area contributed by atoms with E-state index in [0.29, 0.717) is 12.3 Å². The molecule has 0 saturated carbocycles. The molecule has 0 unspecified atom stereocenters. The second-order valence-corrected chi connectivity index (χ2v) is 14.3. The Bertz CT molecular complexity index is 1460. The molecule has 5 rings (SSSR count). The number of hydrogen-bond donors (Lipinski definition) is 0. The molecule has 12 heteroatoms. The Kier molecular flexibility index (Phi) is 8.32. The highest BCUT2D eigenvalue weighted by atomic mass is 32.3. The molecular formula is C27H29BF3NO5S2. The van der Waals surface area contributed by atoms with Gasteiger partial charge in [-0.05, 0) is 42.9 Å². The fourth-order valence-corrected chi connectivity index (χ4v) is 8.13. The van der Waals surface area contributed by atoms with Crippen LogP contribution in [-0.2, 0) is 29.9 Å². The summed E-state index contributed by atoms with van der Waals surface area (Å²) < 4.78 is 82.4. The van der Waals surface area contributed by atoms with E-state index in [0.717, 1.165) is 13.0 Å². The summed E-state index contributed by atoms with van der Waals surface area (Å²) in [6, 6.07) is 30.6. The Hall–Kier alpha value is -2.67. The Balaban J connectivity index is 0.000000251. The first-order valence-electron chi connectivity index (χ1n) is 12.3. The highest BCUT2D eigenvalue weighted by molar-refractivity contribution is 8.08. The fraction of sp³-hybridized carbons (Fsp3) is 0.333. The molecule has 0 aliphatic carbocycles. The molecule has 39 heavy (non-hydrogen) atoms. The van der Waals surface area contributed by atoms with Crippen LogP contribution in [0.15, 0.2) is 84.9 Å². The molecule has 0 bridgehead atoms. The molecule has 0 spiro atoms. The molecule has 3 aromatic carbocycles. The van der Waals surface area contributed by atoms with Gasteiger partial charge in [0.2, 0.25) is 0 Å². The number of nitrogens with zero attached hydrogens (tertiary/aromatic N) is 1. The van der Waals surface area contributed by atoms with Gasteiger partial charge in [0.15, 0.2) is 14.9 Å². The summed E-state index contributed by atoms with van der Waals surface area (Å²) in [5.74, 6) is 0. The molecule has 2 aliphatic rings. The Morgan fingerprint density at radius 1 is 0.897 bits per heavy atom. The van der Waals surface area contributed by atoms with Crippen LogP contribution in [0, 0.1) is 6.92 Å². The quantitative estimate of drug-likeness (QED) is 0.425. The van der Waals surface area contributed by atoms with Crippen molar-refractivity contribution in [2.24, 2.45) is 0 Å². The van der Waals surface area contributed by atoms with Crippen molar-refractivity contribution in [3.63, 3.8) is 0 Å². The van der Waals surface area contributed by atoms with Crippen molar-refractivity contribution in [1.82, 2.24) is 4.81 Å². The zero-order chi connectivity index (χ0) is 28.5. The number of benzene rings is 3.